The summed E-state index contributed by atoms with van der Waals surface area (Å²) in [5.41, 5.74) is 0. The first-order chi connectivity index (χ1) is 8.41. The summed E-state index contributed by atoms with van der Waals surface area (Å²) < 4.78 is 5.29. The highest BCUT2D eigenvalue weighted by atomic mass is 16.5. The largest absolute Gasteiger partial charge is 0.481 e. The van der Waals surface area contributed by atoms with Crippen LogP contribution in [0.1, 0.15) is 27.2 Å². The van der Waals surface area contributed by atoms with Gasteiger partial charge in [0.2, 0.25) is 5.91 Å². The van der Waals surface area contributed by atoms with Crippen LogP contribution in [0.15, 0.2) is 0 Å². The van der Waals surface area contributed by atoms with Crippen LogP contribution in [0.3, 0.4) is 0 Å². The van der Waals surface area contributed by atoms with Gasteiger partial charge in [-0.15, -0.1) is 0 Å². The van der Waals surface area contributed by atoms with Crippen molar-refractivity contribution in [3.63, 3.8) is 0 Å². The van der Waals surface area contributed by atoms with Gasteiger partial charge < -0.3 is 15.2 Å². The highest BCUT2D eigenvalue weighted by Crippen LogP contribution is 2.14. The molecule has 0 aromatic rings. The number of carbonyl (C=O) groups is 2. The summed E-state index contributed by atoms with van der Waals surface area (Å²) in [6, 6.07) is -0.483. The molecule has 1 saturated heterocycles. The average molecular weight is 258 g/mol. The number of rotatable bonds is 5. The predicted octanol–water partition coefficient (Wildman–Crippen LogP) is 0.0750. The van der Waals surface area contributed by atoms with Crippen molar-refractivity contribution in [1.29, 1.82) is 0 Å². The second-order valence-electron chi connectivity index (χ2n) is 4.90. The Bertz CT molecular complexity index is 306. The summed E-state index contributed by atoms with van der Waals surface area (Å²) in [6.45, 7) is 7.10. The van der Waals surface area contributed by atoms with Crippen LogP contribution >= 0.6 is 0 Å². The average Bonchev–Trinajstić information content (AvgIpc) is 2.27. The summed E-state index contributed by atoms with van der Waals surface area (Å²) in [6.07, 6.45) is -0.000696. The number of morpholine rings is 1. The van der Waals surface area contributed by atoms with Crippen LogP contribution in [0.2, 0.25) is 0 Å². The van der Waals surface area contributed by atoms with Gasteiger partial charge in [0, 0.05) is 18.6 Å². The molecule has 1 heterocycles. The molecule has 1 fully saturated rings. The Kier molecular flexibility index (Phi) is 5.55. The number of hydrogen-bond donors (Lipinski definition) is 2. The molecule has 0 saturated carbocycles. The Morgan fingerprint density at radius 3 is 2.67 bits per heavy atom. The number of nitrogens with one attached hydrogen (secondary N) is 1. The third-order valence-electron chi connectivity index (χ3n) is 2.99. The molecule has 0 radical (unpaired) electrons. The van der Waals surface area contributed by atoms with Gasteiger partial charge in [-0.2, -0.15) is 0 Å². The third kappa shape index (κ3) is 4.27. The molecular formula is C12H22N2O4. The van der Waals surface area contributed by atoms with Crippen LogP contribution in [0.25, 0.3) is 0 Å². The smallest absolute Gasteiger partial charge is 0.305 e. The molecule has 2 atom stereocenters. The van der Waals surface area contributed by atoms with Crippen molar-refractivity contribution in [2.24, 2.45) is 0 Å². The molecule has 0 bridgehead atoms. The van der Waals surface area contributed by atoms with Gasteiger partial charge in [0.25, 0.3) is 0 Å². The molecule has 1 rings (SSSR count). The SMILES string of the molecule is CC(C)NC(=O)C(C)N1CCOCC1CC(=O)O. The third-order valence-corrected chi connectivity index (χ3v) is 2.99. The minimum Gasteiger partial charge on any atom is -0.481 e. The maximum atomic E-state index is 11.9. The monoisotopic (exact) mass is 258 g/mol. The van der Waals surface area contributed by atoms with Gasteiger partial charge in [0.1, 0.15) is 0 Å². The molecule has 1 amide bonds. The van der Waals surface area contributed by atoms with E-state index >= 15 is 0 Å². The molecule has 2 unspecified atom stereocenters. The molecule has 6 nitrogen and oxygen atoms in total. The lowest BCUT2D eigenvalue weighted by molar-refractivity contribution is -0.143. The van der Waals surface area contributed by atoms with Crippen LogP contribution < -0.4 is 5.32 Å². The number of aliphatic carboxylic acids is 1. The first-order valence-electron chi connectivity index (χ1n) is 6.27. The minimum absolute atomic E-state index is 0.000696. The number of ether oxygens (including phenoxy) is 1. The minimum atomic E-state index is -0.869. The van der Waals surface area contributed by atoms with Crippen LogP contribution in [0.5, 0.6) is 0 Å². The lowest BCUT2D eigenvalue weighted by atomic mass is 10.1. The first-order valence-corrected chi connectivity index (χ1v) is 6.27. The molecule has 104 valence electrons. The van der Waals surface area contributed by atoms with E-state index in [0.29, 0.717) is 19.8 Å². The molecular weight excluding hydrogens is 236 g/mol. The standard InChI is InChI=1S/C12H22N2O4/c1-8(2)13-12(17)9(3)14-4-5-18-7-10(14)6-11(15)16/h8-10H,4-7H2,1-3H3,(H,13,17)(H,15,16). The lowest BCUT2D eigenvalue weighted by Gasteiger charge is -2.38. The zero-order chi connectivity index (χ0) is 13.7. The van der Waals surface area contributed by atoms with E-state index < -0.39 is 5.97 Å². The zero-order valence-electron chi connectivity index (χ0n) is 11.2. The maximum absolute atomic E-state index is 11.9. The van der Waals surface area contributed by atoms with Crippen molar-refractivity contribution >= 4 is 11.9 Å². The van der Waals surface area contributed by atoms with Crippen LogP contribution in [0, 0.1) is 0 Å². The van der Waals surface area contributed by atoms with E-state index in [4.69, 9.17) is 9.84 Å². The van der Waals surface area contributed by atoms with E-state index in [-0.39, 0.29) is 30.5 Å². The van der Waals surface area contributed by atoms with E-state index in [0.717, 1.165) is 0 Å². The second kappa shape index (κ2) is 6.70. The van der Waals surface area contributed by atoms with Crippen molar-refractivity contribution < 1.29 is 19.4 Å². The fraction of sp³-hybridized carbons (Fsp3) is 0.833. The van der Waals surface area contributed by atoms with E-state index in [2.05, 4.69) is 5.32 Å². The quantitative estimate of drug-likeness (QED) is 0.730. The maximum Gasteiger partial charge on any atom is 0.305 e. The molecule has 0 aliphatic carbocycles. The lowest BCUT2D eigenvalue weighted by Crippen LogP contribution is -2.56. The van der Waals surface area contributed by atoms with E-state index in [9.17, 15) is 9.59 Å². The molecule has 18 heavy (non-hydrogen) atoms. The van der Waals surface area contributed by atoms with Crippen molar-refractivity contribution in [3.05, 3.63) is 0 Å². The van der Waals surface area contributed by atoms with Crippen molar-refractivity contribution in [1.82, 2.24) is 10.2 Å². The van der Waals surface area contributed by atoms with Gasteiger partial charge in [-0.1, -0.05) is 0 Å². The number of carbonyl (C=O) groups excluding carboxylic acids is 1. The Hall–Kier alpha value is -1.14. The van der Waals surface area contributed by atoms with Crippen molar-refractivity contribution in [3.8, 4) is 0 Å². The topological polar surface area (TPSA) is 78.9 Å². The van der Waals surface area contributed by atoms with Gasteiger partial charge in [-0.25, -0.2) is 0 Å². The van der Waals surface area contributed by atoms with Crippen LogP contribution in [0.4, 0.5) is 0 Å². The number of nitrogens with zero attached hydrogens (tertiary/aromatic N) is 1. The molecule has 1 aliphatic heterocycles. The molecule has 2 N–H and O–H groups in total. The predicted molar refractivity (Wildman–Crippen MR) is 66.3 cm³/mol. The summed E-state index contributed by atoms with van der Waals surface area (Å²) in [7, 11) is 0. The fourth-order valence-electron chi connectivity index (χ4n) is 2.11. The van der Waals surface area contributed by atoms with Gasteiger partial charge in [-0.05, 0) is 20.8 Å². The summed E-state index contributed by atoms with van der Waals surface area (Å²) in [4.78, 5) is 24.7. The highest BCUT2D eigenvalue weighted by molar-refractivity contribution is 5.81. The molecule has 6 heteroatoms. The Labute approximate surface area is 107 Å². The Balaban J connectivity index is 2.64. The fourth-order valence-corrected chi connectivity index (χ4v) is 2.11. The molecule has 0 aromatic heterocycles. The van der Waals surface area contributed by atoms with Gasteiger partial charge >= 0.3 is 5.97 Å². The summed E-state index contributed by atoms with van der Waals surface area (Å²) in [5.74, 6) is -0.936. The summed E-state index contributed by atoms with van der Waals surface area (Å²) in [5, 5.41) is 11.7. The normalized spacial score (nSPS) is 22.8. The van der Waals surface area contributed by atoms with Crippen LogP contribution in [-0.4, -0.2) is 59.8 Å². The Morgan fingerprint density at radius 1 is 1.44 bits per heavy atom. The number of carboxylic acids is 1. The van der Waals surface area contributed by atoms with E-state index in [1.54, 1.807) is 6.92 Å². The van der Waals surface area contributed by atoms with Gasteiger partial charge in [-0.3, -0.25) is 14.5 Å². The molecule has 0 aromatic carbocycles. The summed E-state index contributed by atoms with van der Waals surface area (Å²) >= 11 is 0. The number of hydrogen-bond acceptors (Lipinski definition) is 4. The van der Waals surface area contributed by atoms with Crippen LogP contribution in [-0.2, 0) is 14.3 Å². The first kappa shape index (κ1) is 14.9. The van der Waals surface area contributed by atoms with Crippen molar-refractivity contribution in [2.75, 3.05) is 19.8 Å². The van der Waals surface area contributed by atoms with Gasteiger partial charge in [0.05, 0.1) is 25.7 Å². The van der Waals surface area contributed by atoms with E-state index in [1.165, 1.54) is 0 Å². The van der Waals surface area contributed by atoms with E-state index in [1.807, 2.05) is 18.7 Å². The zero-order valence-corrected chi connectivity index (χ0v) is 11.2. The highest BCUT2D eigenvalue weighted by Gasteiger charge is 2.32. The van der Waals surface area contributed by atoms with Gasteiger partial charge in [0.15, 0.2) is 0 Å². The second-order valence-corrected chi connectivity index (χ2v) is 4.90. The number of amides is 1. The molecule has 0 spiro atoms. The Morgan fingerprint density at radius 2 is 2.11 bits per heavy atom. The van der Waals surface area contributed by atoms with Crippen molar-refractivity contribution in [2.45, 2.75) is 45.3 Å². The molecule has 1 aliphatic rings. The number of carboxylic acid groups (broad SMARTS) is 1.